The highest BCUT2D eigenvalue weighted by molar-refractivity contribution is 5.75. The highest BCUT2D eigenvalue weighted by Crippen LogP contribution is 2.48. The van der Waals surface area contributed by atoms with Crippen LogP contribution < -0.4 is 0 Å². The number of hydrogen-bond donors (Lipinski definition) is 1. The Morgan fingerprint density at radius 1 is 1.53 bits per heavy atom. The quantitative estimate of drug-likeness (QED) is 0.654. The number of benzene rings is 1. The fraction of sp³-hybridized carbons (Fsp3) is 0.500. The van der Waals surface area contributed by atoms with E-state index in [2.05, 4.69) is 0 Å². The largest absolute Gasteiger partial charge is 0.481 e. The minimum absolute atomic E-state index is 0.0655. The lowest BCUT2D eigenvalue weighted by atomic mass is 9.98. The van der Waals surface area contributed by atoms with E-state index in [4.69, 9.17) is 5.11 Å². The number of nitro groups is 1. The van der Waals surface area contributed by atoms with Crippen LogP contribution in [0.2, 0.25) is 0 Å². The van der Waals surface area contributed by atoms with E-state index in [1.54, 1.807) is 12.1 Å². The summed E-state index contributed by atoms with van der Waals surface area (Å²) in [7, 11) is 0. The molecule has 5 heteroatoms. The second-order valence-corrected chi connectivity index (χ2v) is 5.53. The molecule has 1 aliphatic carbocycles. The van der Waals surface area contributed by atoms with Crippen molar-refractivity contribution in [2.75, 3.05) is 0 Å². The Labute approximate surface area is 111 Å². The minimum atomic E-state index is -0.820. The Kier molecular flexibility index (Phi) is 3.55. The standard InChI is InChI=1S/C14H17NO4/c1-8(2)5-10-4-3-9(6-13(10)15(18)19)11-7-12(11)14(16)17/h3-4,6,8,11-12H,5,7H2,1-2H3,(H,16,17)/t11-,12+/m0/s1. The van der Waals surface area contributed by atoms with E-state index in [0.29, 0.717) is 18.8 Å². The second kappa shape index (κ2) is 4.99. The van der Waals surface area contributed by atoms with E-state index in [0.717, 1.165) is 11.1 Å². The summed E-state index contributed by atoms with van der Waals surface area (Å²) in [4.78, 5) is 21.6. The number of carboxylic acids is 1. The first-order valence-electron chi connectivity index (χ1n) is 6.40. The molecule has 1 N–H and O–H groups in total. The van der Waals surface area contributed by atoms with Crippen molar-refractivity contribution in [3.63, 3.8) is 0 Å². The van der Waals surface area contributed by atoms with Gasteiger partial charge in [0.05, 0.1) is 10.8 Å². The normalized spacial score (nSPS) is 21.4. The molecular formula is C14H17NO4. The van der Waals surface area contributed by atoms with Gasteiger partial charge in [-0.15, -0.1) is 0 Å². The third-order valence-corrected chi connectivity index (χ3v) is 3.47. The Morgan fingerprint density at radius 2 is 2.21 bits per heavy atom. The lowest BCUT2D eigenvalue weighted by molar-refractivity contribution is -0.385. The number of aliphatic carboxylic acids is 1. The lowest BCUT2D eigenvalue weighted by Crippen LogP contribution is -2.02. The SMILES string of the molecule is CC(C)Cc1ccc([C@@H]2C[C@H]2C(=O)O)cc1[N+](=O)[O-]. The molecule has 0 heterocycles. The molecule has 0 bridgehead atoms. The van der Waals surface area contributed by atoms with Crippen LogP contribution in [-0.4, -0.2) is 16.0 Å². The molecule has 1 saturated carbocycles. The predicted octanol–water partition coefficient (Wildman–Crippen LogP) is 2.98. The van der Waals surface area contributed by atoms with E-state index in [1.165, 1.54) is 0 Å². The number of nitro benzene ring substituents is 1. The van der Waals surface area contributed by atoms with E-state index in [-0.39, 0.29) is 22.4 Å². The summed E-state index contributed by atoms with van der Waals surface area (Å²) in [6.07, 6.45) is 1.24. The van der Waals surface area contributed by atoms with Crippen LogP contribution in [0.5, 0.6) is 0 Å². The third kappa shape index (κ3) is 2.92. The highest BCUT2D eigenvalue weighted by Gasteiger charge is 2.44. The molecule has 1 aromatic rings. The zero-order valence-electron chi connectivity index (χ0n) is 11.0. The van der Waals surface area contributed by atoms with Gasteiger partial charge < -0.3 is 5.11 Å². The van der Waals surface area contributed by atoms with Crippen LogP contribution >= 0.6 is 0 Å². The average molecular weight is 263 g/mol. The fourth-order valence-corrected chi connectivity index (χ4v) is 2.43. The summed E-state index contributed by atoms with van der Waals surface area (Å²) in [5.74, 6) is -0.920. The van der Waals surface area contributed by atoms with E-state index in [1.807, 2.05) is 19.9 Å². The van der Waals surface area contributed by atoms with Crippen molar-refractivity contribution >= 4 is 11.7 Å². The third-order valence-electron chi connectivity index (χ3n) is 3.47. The molecule has 5 nitrogen and oxygen atoms in total. The zero-order valence-corrected chi connectivity index (χ0v) is 11.0. The van der Waals surface area contributed by atoms with Crippen LogP contribution in [0.25, 0.3) is 0 Å². The Morgan fingerprint density at radius 3 is 2.68 bits per heavy atom. The van der Waals surface area contributed by atoms with Crippen molar-refractivity contribution in [3.05, 3.63) is 39.4 Å². The maximum absolute atomic E-state index is 11.1. The molecule has 2 atom stereocenters. The number of carbonyl (C=O) groups is 1. The fourth-order valence-electron chi connectivity index (χ4n) is 2.43. The monoisotopic (exact) mass is 263 g/mol. The molecule has 19 heavy (non-hydrogen) atoms. The molecule has 0 saturated heterocycles. The minimum Gasteiger partial charge on any atom is -0.481 e. The molecule has 1 aliphatic rings. The van der Waals surface area contributed by atoms with Gasteiger partial charge in [0.15, 0.2) is 0 Å². The highest BCUT2D eigenvalue weighted by atomic mass is 16.6. The summed E-state index contributed by atoms with van der Waals surface area (Å²) in [5.41, 5.74) is 1.60. The van der Waals surface area contributed by atoms with Gasteiger partial charge in [-0.1, -0.05) is 26.0 Å². The maximum atomic E-state index is 11.1. The van der Waals surface area contributed by atoms with Crippen molar-refractivity contribution in [2.24, 2.45) is 11.8 Å². The first-order valence-corrected chi connectivity index (χ1v) is 6.40. The van der Waals surface area contributed by atoms with Crippen molar-refractivity contribution in [3.8, 4) is 0 Å². The molecule has 0 unspecified atom stereocenters. The van der Waals surface area contributed by atoms with Crippen molar-refractivity contribution in [2.45, 2.75) is 32.6 Å². The first kappa shape index (κ1) is 13.5. The second-order valence-electron chi connectivity index (χ2n) is 5.53. The number of hydrogen-bond acceptors (Lipinski definition) is 3. The number of nitrogens with zero attached hydrogens (tertiary/aromatic N) is 1. The molecule has 1 aromatic carbocycles. The molecule has 1 fully saturated rings. The smallest absolute Gasteiger partial charge is 0.307 e. The molecular weight excluding hydrogens is 246 g/mol. The first-order chi connectivity index (χ1) is 8.90. The van der Waals surface area contributed by atoms with Gasteiger partial charge in [0.2, 0.25) is 0 Å². The number of carboxylic acid groups (broad SMARTS) is 1. The Hall–Kier alpha value is -1.91. The maximum Gasteiger partial charge on any atom is 0.307 e. The van der Waals surface area contributed by atoms with Crippen LogP contribution in [0, 0.1) is 22.0 Å². The van der Waals surface area contributed by atoms with Gasteiger partial charge in [-0.05, 0) is 30.2 Å². The van der Waals surface area contributed by atoms with Gasteiger partial charge in [-0.3, -0.25) is 14.9 Å². The Bertz CT molecular complexity index is 524. The van der Waals surface area contributed by atoms with Crippen LogP contribution in [0.4, 0.5) is 5.69 Å². The summed E-state index contributed by atoms with van der Waals surface area (Å²) in [6, 6.07) is 5.15. The van der Waals surface area contributed by atoms with Gasteiger partial charge in [0.25, 0.3) is 5.69 Å². The van der Waals surface area contributed by atoms with Gasteiger partial charge >= 0.3 is 5.97 Å². The average Bonchev–Trinajstić information content (AvgIpc) is 3.08. The van der Waals surface area contributed by atoms with E-state index < -0.39 is 5.97 Å². The molecule has 0 spiro atoms. The van der Waals surface area contributed by atoms with Gasteiger partial charge in [0, 0.05) is 11.6 Å². The van der Waals surface area contributed by atoms with E-state index in [9.17, 15) is 14.9 Å². The van der Waals surface area contributed by atoms with Crippen LogP contribution in [-0.2, 0) is 11.2 Å². The van der Waals surface area contributed by atoms with Crippen LogP contribution in [0.3, 0.4) is 0 Å². The van der Waals surface area contributed by atoms with Gasteiger partial charge in [0.1, 0.15) is 0 Å². The summed E-state index contributed by atoms with van der Waals surface area (Å²) in [5, 5.41) is 20.0. The van der Waals surface area contributed by atoms with Crippen LogP contribution in [0.15, 0.2) is 18.2 Å². The van der Waals surface area contributed by atoms with Gasteiger partial charge in [-0.2, -0.15) is 0 Å². The molecule has 2 rings (SSSR count). The number of rotatable bonds is 5. The van der Waals surface area contributed by atoms with E-state index >= 15 is 0 Å². The topological polar surface area (TPSA) is 80.4 Å². The van der Waals surface area contributed by atoms with Crippen LogP contribution in [0.1, 0.15) is 37.3 Å². The van der Waals surface area contributed by atoms with Crippen molar-refractivity contribution in [1.82, 2.24) is 0 Å². The lowest BCUT2D eigenvalue weighted by Gasteiger charge is -2.07. The summed E-state index contributed by atoms with van der Waals surface area (Å²) >= 11 is 0. The van der Waals surface area contributed by atoms with Crippen molar-refractivity contribution in [1.29, 1.82) is 0 Å². The molecule has 0 amide bonds. The molecule has 0 aliphatic heterocycles. The molecule has 102 valence electrons. The molecule has 0 aromatic heterocycles. The Balaban J connectivity index is 2.27. The predicted molar refractivity (Wildman–Crippen MR) is 70.1 cm³/mol. The summed E-state index contributed by atoms with van der Waals surface area (Å²) in [6.45, 7) is 4.03. The summed E-state index contributed by atoms with van der Waals surface area (Å²) < 4.78 is 0. The zero-order chi connectivity index (χ0) is 14.2. The van der Waals surface area contributed by atoms with Gasteiger partial charge in [-0.25, -0.2) is 0 Å². The molecule has 0 radical (unpaired) electrons. The van der Waals surface area contributed by atoms with Crippen molar-refractivity contribution < 1.29 is 14.8 Å².